The molecule has 0 aliphatic heterocycles. The van der Waals surface area contributed by atoms with Crippen LogP contribution in [0, 0.1) is 24.0 Å². The van der Waals surface area contributed by atoms with Gasteiger partial charge < -0.3 is 0 Å². The number of aryl methyl sites for hydroxylation is 2. The van der Waals surface area contributed by atoms with Crippen LogP contribution >= 0.6 is 0 Å². The normalized spacial score (nSPS) is 11.2. The van der Waals surface area contributed by atoms with Crippen LogP contribution in [0.15, 0.2) is 12.1 Å². The molecule has 88 valence electrons. The van der Waals surface area contributed by atoms with Crippen LogP contribution in [0.2, 0.25) is 0 Å². The molecule has 0 radical (unpaired) electrons. The van der Waals surface area contributed by atoms with Gasteiger partial charge in [0.1, 0.15) is 0 Å². The van der Waals surface area contributed by atoms with Gasteiger partial charge in [0, 0.05) is 11.6 Å². The summed E-state index contributed by atoms with van der Waals surface area (Å²) in [7, 11) is -3.87. The highest BCUT2D eigenvalue weighted by Crippen LogP contribution is 2.26. The highest BCUT2D eigenvalue weighted by atomic mass is 32.2. The third-order valence-electron chi connectivity index (χ3n) is 1.99. The average Bonchev–Trinajstić information content (AvgIpc) is 2.07. The molecule has 1 rings (SSSR count). The van der Waals surface area contributed by atoms with Gasteiger partial charge in [-0.1, -0.05) is 0 Å². The van der Waals surface area contributed by atoms with Gasteiger partial charge in [0.2, 0.25) is 0 Å². The van der Waals surface area contributed by atoms with Crippen molar-refractivity contribution in [2.75, 3.05) is 4.72 Å². The number of hydrogen-bond donors (Lipinski definition) is 2. The lowest BCUT2D eigenvalue weighted by Gasteiger charge is -2.08. The fourth-order valence-corrected chi connectivity index (χ4v) is 1.79. The summed E-state index contributed by atoms with van der Waals surface area (Å²) >= 11 is 0. The van der Waals surface area contributed by atoms with Gasteiger partial charge in [-0.05, 0) is 25.5 Å². The van der Waals surface area contributed by atoms with Gasteiger partial charge in [-0.3, -0.25) is 14.8 Å². The fraction of sp³-hybridized carbons (Fsp3) is 0.250. The molecule has 1 aromatic rings. The molecule has 0 unspecified atom stereocenters. The first kappa shape index (κ1) is 12.4. The summed E-state index contributed by atoms with van der Waals surface area (Å²) in [6.45, 7) is 3.08. The Kier molecular flexibility index (Phi) is 3.15. The number of rotatable bonds is 3. The van der Waals surface area contributed by atoms with E-state index in [2.05, 4.69) is 4.72 Å². The molecule has 8 heteroatoms. The van der Waals surface area contributed by atoms with Gasteiger partial charge in [-0.15, -0.1) is 0 Å². The van der Waals surface area contributed by atoms with Crippen molar-refractivity contribution in [3.63, 3.8) is 0 Å². The van der Waals surface area contributed by atoms with Crippen molar-refractivity contribution in [1.82, 2.24) is 0 Å². The molecule has 0 aromatic heterocycles. The quantitative estimate of drug-likeness (QED) is 0.606. The Balaban J connectivity index is 3.26. The van der Waals surface area contributed by atoms with Gasteiger partial charge in [-0.2, -0.15) is 8.42 Å². The lowest BCUT2D eigenvalue weighted by molar-refractivity contribution is -0.385. The van der Waals surface area contributed by atoms with Crippen LogP contribution in [0.5, 0.6) is 0 Å². The minimum Gasteiger partial charge on any atom is -0.271 e. The average molecular weight is 245 g/mol. The highest BCUT2D eigenvalue weighted by molar-refractivity contribution is 7.90. The van der Waals surface area contributed by atoms with Crippen molar-refractivity contribution in [2.45, 2.75) is 13.8 Å². The van der Waals surface area contributed by atoms with Gasteiger partial charge in [-0.25, -0.2) is 5.14 Å². The second-order valence-electron chi connectivity index (χ2n) is 3.36. The molecule has 0 saturated carbocycles. The highest BCUT2D eigenvalue weighted by Gasteiger charge is 2.14. The number of hydrogen-bond acceptors (Lipinski definition) is 4. The van der Waals surface area contributed by atoms with E-state index >= 15 is 0 Å². The SMILES string of the molecule is Cc1cc([N+](=O)[O-])c(C)cc1NS(N)(=O)=O. The third-order valence-corrected chi connectivity index (χ3v) is 2.50. The van der Waals surface area contributed by atoms with Crippen molar-refractivity contribution in [3.05, 3.63) is 33.4 Å². The summed E-state index contributed by atoms with van der Waals surface area (Å²) in [5, 5.41) is 15.4. The summed E-state index contributed by atoms with van der Waals surface area (Å²) in [4.78, 5) is 10.1. The molecule has 0 spiro atoms. The Hall–Kier alpha value is -1.67. The summed E-state index contributed by atoms with van der Waals surface area (Å²) in [5.41, 5.74) is 0.983. The number of nitrogens with two attached hydrogens (primary N) is 1. The van der Waals surface area contributed by atoms with E-state index in [0.29, 0.717) is 11.1 Å². The Morgan fingerprint density at radius 2 is 1.88 bits per heavy atom. The number of nitrogens with one attached hydrogen (secondary N) is 1. The van der Waals surface area contributed by atoms with Gasteiger partial charge in [0.15, 0.2) is 0 Å². The Bertz CT molecular complexity index is 538. The molecule has 7 nitrogen and oxygen atoms in total. The van der Waals surface area contributed by atoms with E-state index in [1.54, 1.807) is 6.92 Å². The number of nitro groups is 1. The van der Waals surface area contributed by atoms with Gasteiger partial charge >= 0.3 is 0 Å². The molecule has 16 heavy (non-hydrogen) atoms. The predicted molar refractivity (Wildman–Crippen MR) is 59.3 cm³/mol. The van der Waals surface area contributed by atoms with Crippen LogP contribution in [0.3, 0.4) is 0 Å². The number of benzene rings is 1. The van der Waals surface area contributed by atoms with E-state index in [-0.39, 0.29) is 11.4 Å². The van der Waals surface area contributed by atoms with Crippen molar-refractivity contribution in [1.29, 1.82) is 0 Å². The zero-order valence-corrected chi connectivity index (χ0v) is 9.54. The minimum absolute atomic E-state index is 0.0579. The standard InChI is InChI=1S/C8H11N3O4S/c1-5-4-8(11(12)13)6(2)3-7(5)10-16(9,14)15/h3-4,10H,1-2H3,(H2,9,14,15). The van der Waals surface area contributed by atoms with Crippen LogP contribution in [0.4, 0.5) is 11.4 Å². The van der Waals surface area contributed by atoms with Crippen LogP contribution in [-0.2, 0) is 10.2 Å². The van der Waals surface area contributed by atoms with E-state index in [1.165, 1.54) is 19.1 Å². The molecule has 0 bridgehead atoms. The molecule has 0 aliphatic rings. The monoisotopic (exact) mass is 245 g/mol. The van der Waals surface area contributed by atoms with E-state index in [9.17, 15) is 18.5 Å². The zero-order valence-electron chi connectivity index (χ0n) is 8.72. The fourth-order valence-electron chi connectivity index (χ4n) is 1.26. The Labute approximate surface area is 92.6 Å². The molecule has 0 amide bonds. The van der Waals surface area contributed by atoms with Crippen LogP contribution in [0.1, 0.15) is 11.1 Å². The maximum absolute atomic E-state index is 10.8. The van der Waals surface area contributed by atoms with Crippen molar-refractivity contribution < 1.29 is 13.3 Å². The van der Waals surface area contributed by atoms with Crippen molar-refractivity contribution in [2.24, 2.45) is 5.14 Å². The third kappa shape index (κ3) is 2.91. The molecular formula is C8H11N3O4S. The van der Waals surface area contributed by atoms with Gasteiger partial charge in [0.25, 0.3) is 15.9 Å². The number of nitro benzene ring substituents is 1. The second kappa shape index (κ2) is 4.06. The van der Waals surface area contributed by atoms with E-state index in [0.717, 1.165) is 0 Å². The second-order valence-corrected chi connectivity index (χ2v) is 4.65. The molecule has 0 fully saturated rings. The summed E-state index contributed by atoms with van der Waals surface area (Å²) < 4.78 is 23.7. The number of anilines is 1. The zero-order chi connectivity index (χ0) is 12.5. The molecule has 0 aliphatic carbocycles. The van der Waals surface area contributed by atoms with Crippen molar-refractivity contribution >= 4 is 21.6 Å². The van der Waals surface area contributed by atoms with Crippen LogP contribution < -0.4 is 9.86 Å². The smallest absolute Gasteiger partial charge is 0.271 e. The maximum Gasteiger partial charge on any atom is 0.296 e. The Morgan fingerprint density at radius 3 is 2.31 bits per heavy atom. The van der Waals surface area contributed by atoms with Crippen molar-refractivity contribution in [3.8, 4) is 0 Å². The lowest BCUT2D eigenvalue weighted by Crippen LogP contribution is -2.22. The van der Waals surface area contributed by atoms with Crippen LogP contribution in [-0.4, -0.2) is 13.3 Å². The number of nitrogens with zero attached hydrogens (tertiary/aromatic N) is 1. The first-order valence-electron chi connectivity index (χ1n) is 4.27. The summed E-state index contributed by atoms with van der Waals surface area (Å²) in [5.74, 6) is 0. The maximum atomic E-state index is 10.8. The molecule has 1 aromatic carbocycles. The minimum atomic E-state index is -3.87. The predicted octanol–water partition coefficient (Wildman–Crippen LogP) is 0.827. The topological polar surface area (TPSA) is 115 Å². The van der Waals surface area contributed by atoms with E-state index in [1.807, 2.05) is 0 Å². The molecule has 0 atom stereocenters. The largest absolute Gasteiger partial charge is 0.296 e. The van der Waals surface area contributed by atoms with E-state index < -0.39 is 15.1 Å². The first-order chi connectivity index (χ1) is 7.20. The summed E-state index contributed by atoms with van der Waals surface area (Å²) in [6, 6.07) is 2.67. The van der Waals surface area contributed by atoms with E-state index in [4.69, 9.17) is 5.14 Å². The Morgan fingerprint density at radius 1 is 1.31 bits per heavy atom. The van der Waals surface area contributed by atoms with Gasteiger partial charge in [0.05, 0.1) is 10.6 Å². The molecule has 0 saturated heterocycles. The van der Waals surface area contributed by atoms with Crippen LogP contribution in [0.25, 0.3) is 0 Å². The molecule has 0 heterocycles. The summed E-state index contributed by atoms with van der Waals surface area (Å²) in [6.07, 6.45) is 0. The first-order valence-corrected chi connectivity index (χ1v) is 5.81. The lowest BCUT2D eigenvalue weighted by atomic mass is 10.1. The molecule has 3 N–H and O–H groups in total. The molecular weight excluding hydrogens is 234 g/mol.